The van der Waals surface area contributed by atoms with Crippen molar-refractivity contribution in [2.45, 2.75) is 139 Å². The Labute approximate surface area is 338 Å². The van der Waals surface area contributed by atoms with E-state index < -0.39 is 0 Å². The number of aryl methyl sites for hydroxylation is 2. The van der Waals surface area contributed by atoms with Gasteiger partial charge in [-0.1, -0.05) is 59.3 Å². The molecule has 56 heavy (non-hydrogen) atoms. The zero-order valence-electron chi connectivity index (χ0n) is 36.6. The summed E-state index contributed by atoms with van der Waals surface area (Å²) >= 11 is 0. The number of hydrogen-bond acceptors (Lipinski definition) is 7. The van der Waals surface area contributed by atoms with Crippen LogP contribution in [0.4, 0.5) is 0 Å². The molecule has 2 aromatic heterocycles. The summed E-state index contributed by atoms with van der Waals surface area (Å²) in [4.78, 5) is 10.0. The van der Waals surface area contributed by atoms with Crippen molar-refractivity contribution in [2.24, 2.45) is 5.41 Å². The van der Waals surface area contributed by atoms with Gasteiger partial charge in [0.25, 0.3) is 0 Å². The van der Waals surface area contributed by atoms with Crippen LogP contribution in [0.5, 0.6) is 34.5 Å². The number of benzene rings is 2. The molecule has 0 fully saturated rings. The van der Waals surface area contributed by atoms with Crippen molar-refractivity contribution in [3.05, 3.63) is 35.7 Å². The van der Waals surface area contributed by atoms with Crippen LogP contribution < -0.4 is 28.4 Å². The highest BCUT2D eigenvalue weighted by atomic mass is 16.5. The number of fused-ring (bicyclic) bond motifs is 2. The number of H-pyrrole nitrogens is 2. The first kappa shape index (κ1) is 45.0. The molecule has 0 spiro atoms. The molecule has 2 heterocycles. The average Bonchev–Trinajstić information content (AvgIpc) is 3.70. The Kier molecular flexibility index (Phi) is 18.9. The molecule has 0 saturated carbocycles. The summed E-state index contributed by atoms with van der Waals surface area (Å²) in [5, 5.41) is 1.96. The molecule has 0 aliphatic rings. The molecule has 0 unspecified atom stereocenters. The molecule has 0 bridgehead atoms. The van der Waals surface area contributed by atoms with Crippen LogP contribution in [0, 0.1) is 5.41 Å². The molecule has 0 aliphatic carbocycles. The standard InChI is InChI=1S/C47H75N3O6/c1-10-51-39-29-27-35-41(45(39)55-14-5)43(53-12-3)37(48-35)25-23-33-50(32-22-20-18-16-17-19-21-31-47(7,8)9)34-24-26-38-44(54-13-4)42-36(49-38)28-30-40(52-11-2)46(42)56-15-6/h27-30,48-49H,10-26,31-34H2,1-9H3. The molecule has 0 saturated heterocycles. The topological polar surface area (TPSA) is 90.2 Å². The maximum absolute atomic E-state index is 6.31. The number of ether oxygens (including phenoxy) is 6. The maximum Gasteiger partial charge on any atom is 0.174 e. The number of unbranched alkanes of at least 4 members (excludes halogenated alkanes) is 6. The Hall–Kier alpha value is -3.72. The van der Waals surface area contributed by atoms with E-state index in [-0.39, 0.29) is 0 Å². The summed E-state index contributed by atoms with van der Waals surface area (Å²) in [6.07, 6.45) is 14.4. The van der Waals surface area contributed by atoms with E-state index in [1.807, 2.05) is 53.7 Å². The summed E-state index contributed by atoms with van der Waals surface area (Å²) in [5.41, 5.74) is 4.74. The monoisotopic (exact) mass is 778 g/mol. The van der Waals surface area contributed by atoms with E-state index >= 15 is 0 Å². The van der Waals surface area contributed by atoms with Crippen LogP contribution in [0.25, 0.3) is 21.8 Å². The van der Waals surface area contributed by atoms with Gasteiger partial charge in [0, 0.05) is 0 Å². The minimum Gasteiger partial charge on any atom is -0.491 e. The molecule has 0 radical (unpaired) electrons. The third-order valence-electron chi connectivity index (χ3n) is 10.3. The molecule has 314 valence electrons. The third-order valence-corrected chi connectivity index (χ3v) is 10.3. The van der Waals surface area contributed by atoms with E-state index in [1.165, 1.54) is 51.4 Å². The SMILES string of the molecule is CCOc1ccc2[nH]c(CCCN(CCCCCCCCCC(C)(C)C)CCCc3[nH]c4ccc(OCC)c(OCC)c4c3OCC)c(OCC)c2c1OCC. The lowest BCUT2D eigenvalue weighted by molar-refractivity contribution is 0.258. The molecule has 2 aromatic carbocycles. The molecule has 0 aliphatic heterocycles. The third kappa shape index (κ3) is 12.9. The van der Waals surface area contributed by atoms with Gasteiger partial charge in [0.05, 0.1) is 72.8 Å². The lowest BCUT2D eigenvalue weighted by Gasteiger charge is -2.22. The maximum atomic E-state index is 6.31. The van der Waals surface area contributed by atoms with Crippen molar-refractivity contribution in [1.82, 2.24) is 14.9 Å². The van der Waals surface area contributed by atoms with Gasteiger partial charge in [0.1, 0.15) is 0 Å². The summed E-state index contributed by atoms with van der Waals surface area (Å²) in [6, 6.07) is 8.17. The Bertz CT molecular complexity index is 1610. The van der Waals surface area contributed by atoms with E-state index in [0.717, 1.165) is 113 Å². The van der Waals surface area contributed by atoms with E-state index in [9.17, 15) is 0 Å². The lowest BCUT2D eigenvalue weighted by Crippen LogP contribution is -2.28. The first-order valence-corrected chi connectivity index (χ1v) is 22.0. The molecule has 2 N–H and O–H groups in total. The smallest absolute Gasteiger partial charge is 0.174 e. The van der Waals surface area contributed by atoms with Crippen molar-refractivity contribution in [3.8, 4) is 34.5 Å². The van der Waals surface area contributed by atoms with Crippen molar-refractivity contribution < 1.29 is 28.4 Å². The van der Waals surface area contributed by atoms with Crippen LogP contribution in [-0.2, 0) is 12.8 Å². The van der Waals surface area contributed by atoms with Crippen molar-refractivity contribution >= 4 is 21.8 Å². The van der Waals surface area contributed by atoms with Crippen molar-refractivity contribution in [2.75, 3.05) is 59.3 Å². The van der Waals surface area contributed by atoms with Gasteiger partial charge in [-0.15, -0.1) is 0 Å². The Morgan fingerprint density at radius 3 is 1.23 bits per heavy atom. The van der Waals surface area contributed by atoms with Gasteiger partial charge in [-0.2, -0.15) is 0 Å². The normalized spacial score (nSPS) is 11.9. The van der Waals surface area contributed by atoms with Gasteiger partial charge in [-0.05, 0) is 129 Å². The fourth-order valence-electron chi connectivity index (χ4n) is 7.77. The second-order valence-electron chi connectivity index (χ2n) is 15.9. The first-order valence-electron chi connectivity index (χ1n) is 22.0. The molecule has 4 aromatic rings. The van der Waals surface area contributed by atoms with E-state index in [2.05, 4.69) is 47.8 Å². The largest absolute Gasteiger partial charge is 0.491 e. The molecule has 4 rings (SSSR count). The second-order valence-corrected chi connectivity index (χ2v) is 15.9. The second kappa shape index (κ2) is 23.5. The van der Waals surface area contributed by atoms with Crippen LogP contribution in [-0.4, -0.2) is 74.1 Å². The fraction of sp³-hybridized carbons (Fsp3) is 0.660. The summed E-state index contributed by atoms with van der Waals surface area (Å²) in [6.45, 7) is 25.8. The summed E-state index contributed by atoms with van der Waals surface area (Å²) < 4.78 is 36.8. The number of rotatable bonds is 29. The highest BCUT2D eigenvalue weighted by molar-refractivity contribution is 5.96. The predicted octanol–water partition coefficient (Wildman–Crippen LogP) is 12.1. The number of nitrogens with one attached hydrogen (secondary N) is 2. The number of nitrogens with zero attached hydrogens (tertiary/aromatic N) is 1. The fourth-order valence-corrected chi connectivity index (χ4v) is 7.77. The van der Waals surface area contributed by atoms with Crippen LogP contribution in [0.2, 0.25) is 0 Å². The number of hydrogen-bond donors (Lipinski definition) is 2. The lowest BCUT2D eigenvalue weighted by atomic mass is 9.89. The van der Waals surface area contributed by atoms with Crippen molar-refractivity contribution in [3.63, 3.8) is 0 Å². The van der Waals surface area contributed by atoms with Gasteiger partial charge in [-0.25, -0.2) is 0 Å². The summed E-state index contributed by atoms with van der Waals surface area (Å²) in [7, 11) is 0. The van der Waals surface area contributed by atoms with Gasteiger partial charge in [-0.3, -0.25) is 0 Å². The van der Waals surface area contributed by atoms with Crippen LogP contribution in [0.15, 0.2) is 24.3 Å². The van der Waals surface area contributed by atoms with E-state index in [0.29, 0.717) is 45.1 Å². The Morgan fingerprint density at radius 1 is 0.446 bits per heavy atom. The molecule has 9 heteroatoms. The zero-order valence-corrected chi connectivity index (χ0v) is 36.6. The summed E-state index contributed by atoms with van der Waals surface area (Å²) in [5.74, 6) is 4.83. The van der Waals surface area contributed by atoms with E-state index in [4.69, 9.17) is 28.4 Å². The highest BCUT2D eigenvalue weighted by Crippen LogP contribution is 2.45. The molecule has 0 amide bonds. The molecule has 0 atom stereocenters. The molecular formula is C47H75N3O6. The van der Waals surface area contributed by atoms with Crippen LogP contribution >= 0.6 is 0 Å². The van der Waals surface area contributed by atoms with Gasteiger partial charge in [0.2, 0.25) is 0 Å². The molecule has 9 nitrogen and oxygen atoms in total. The Morgan fingerprint density at radius 2 is 0.821 bits per heavy atom. The Balaban J connectivity index is 1.46. The van der Waals surface area contributed by atoms with Crippen molar-refractivity contribution in [1.29, 1.82) is 0 Å². The average molecular weight is 778 g/mol. The zero-order chi connectivity index (χ0) is 40.3. The van der Waals surface area contributed by atoms with Crippen LogP contribution in [0.3, 0.4) is 0 Å². The van der Waals surface area contributed by atoms with Gasteiger partial charge >= 0.3 is 0 Å². The highest BCUT2D eigenvalue weighted by Gasteiger charge is 2.23. The minimum atomic E-state index is 0.445. The molecular weight excluding hydrogens is 703 g/mol. The minimum absolute atomic E-state index is 0.445. The van der Waals surface area contributed by atoms with Gasteiger partial charge in [0.15, 0.2) is 34.5 Å². The quantitative estimate of drug-likeness (QED) is 0.0531. The van der Waals surface area contributed by atoms with E-state index in [1.54, 1.807) is 0 Å². The predicted molar refractivity (Wildman–Crippen MR) is 233 cm³/mol. The number of aromatic nitrogens is 2. The van der Waals surface area contributed by atoms with Gasteiger partial charge < -0.3 is 43.3 Å². The van der Waals surface area contributed by atoms with Crippen LogP contribution in [0.1, 0.15) is 138 Å². The first-order chi connectivity index (χ1) is 27.2. The number of aromatic amines is 2.